The molecule has 126 valence electrons. The molecule has 3 aromatic rings. The molecule has 6 nitrogen and oxygen atoms in total. The Morgan fingerprint density at radius 1 is 1.21 bits per heavy atom. The van der Waals surface area contributed by atoms with Crippen LogP contribution in [-0.2, 0) is 13.0 Å². The Labute approximate surface area is 142 Å². The summed E-state index contributed by atoms with van der Waals surface area (Å²) in [6, 6.07) is 10.2. The van der Waals surface area contributed by atoms with Gasteiger partial charge in [0, 0.05) is 30.9 Å². The summed E-state index contributed by atoms with van der Waals surface area (Å²) in [5, 5.41) is 4.31. The van der Waals surface area contributed by atoms with Gasteiger partial charge >= 0.3 is 0 Å². The molecular formula is C18H23N5O. The van der Waals surface area contributed by atoms with Crippen molar-refractivity contribution in [3.63, 3.8) is 0 Å². The quantitative estimate of drug-likeness (QED) is 0.668. The first-order valence-corrected chi connectivity index (χ1v) is 8.34. The number of nitrogens with zero attached hydrogens (tertiary/aromatic N) is 5. The average Bonchev–Trinajstić information content (AvgIpc) is 3.05. The highest BCUT2D eigenvalue weighted by atomic mass is 16.5. The molecule has 0 N–H and O–H groups in total. The van der Waals surface area contributed by atoms with Crippen LogP contribution >= 0.6 is 0 Å². The van der Waals surface area contributed by atoms with Crippen LogP contribution < -0.4 is 9.64 Å². The first kappa shape index (κ1) is 16.2. The van der Waals surface area contributed by atoms with Gasteiger partial charge in [0.2, 0.25) is 0 Å². The molecule has 0 saturated carbocycles. The van der Waals surface area contributed by atoms with Gasteiger partial charge in [-0.25, -0.2) is 4.98 Å². The fourth-order valence-corrected chi connectivity index (χ4v) is 2.77. The average molecular weight is 325 g/mol. The summed E-state index contributed by atoms with van der Waals surface area (Å²) in [6.07, 6.45) is 3.52. The van der Waals surface area contributed by atoms with E-state index in [9.17, 15) is 0 Å². The summed E-state index contributed by atoms with van der Waals surface area (Å²) in [6.45, 7) is 5.53. The fraction of sp³-hybridized carbons (Fsp3) is 0.389. The van der Waals surface area contributed by atoms with Crippen LogP contribution in [0.4, 0.5) is 5.82 Å². The molecule has 0 bridgehead atoms. The molecule has 0 aliphatic rings. The largest absolute Gasteiger partial charge is 0.494 e. The molecule has 0 atom stereocenters. The molecule has 3 rings (SSSR count). The van der Waals surface area contributed by atoms with Crippen molar-refractivity contribution in [1.29, 1.82) is 0 Å². The number of hydrogen-bond donors (Lipinski definition) is 0. The zero-order chi connectivity index (χ0) is 16.9. The standard InChI is InChI=1S/C18H23N5O/c1-4-8-15-11-17(23-18(21-15)19-13-20-23)22(3)12-14-9-6-7-10-16(14)24-5-2/h6-7,9-11,13H,4-5,8,12H2,1-3H3. The number of anilines is 1. The molecule has 24 heavy (non-hydrogen) atoms. The third-order valence-electron chi connectivity index (χ3n) is 3.86. The minimum atomic E-state index is 0.640. The lowest BCUT2D eigenvalue weighted by Gasteiger charge is -2.22. The van der Waals surface area contributed by atoms with Crippen molar-refractivity contribution >= 4 is 11.6 Å². The van der Waals surface area contributed by atoms with Crippen molar-refractivity contribution < 1.29 is 4.74 Å². The number of aromatic nitrogens is 4. The first-order valence-electron chi connectivity index (χ1n) is 8.34. The second-order valence-corrected chi connectivity index (χ2v) is 5.72. The van der Waals surface area contributed by atoms with Crippen molar-refractivity contribution in [3.05, 3.63) is 47.9 Å². The lowest BCUT2D eigenvalue weighted by molar-refractivity contribution is 0.336. The highest BCUT2D eigenvalue weighted by Gasteiger charge is 2.13. The predicted octanol–water partition coefficient (Wildman–Crippen LogP) is 3.11. The molecule has 0 radical (unpaired) electrons. The van der Waals surface area contributed by atoms with Crippen LogP contribution in [0.15, 0.2) is 36.7 Å². The van der Waals surface area contributed by atoms with Crippen molar-refractivity contribution in [2.45, 2.75) is 33.2 Å². The van der Waals surface area contributed by atoms with Crippen LogP contribution in [0.1, 0.15) is 31.5 Å². The normalized spacial score (nSPS) is 11.0. The number of aryl methyl sites for hydroxylation is 1. The van der Waals surface area contributed by atoms with Gasteiger partial charge in [-0.15, -0.1) is 0 Å². The van der Waals surface area contributed by atoms with E-state index in [1.54, 1.807) is 10.8 Å². The zero-order valence-electron chi connectivity index (χ0n) is 14.4. The SMILES string of the molecule is CCCc1cc(N(C)Cc2ccccc2OCC)n2ncnc2n1. The molecule has 2 heterocycles. The summed E-state index contributed by atoms with van der Waals surface area (Å²) in [5.41, 5.74) is 2.18. The van der Waals surface area contributed by atoms with Crippen LogP contribution in [0.3, 0.4) is 0 Å². The van der Waals surface area contributed by atoms with Crippen LogP contribution in [0.25, 0.3) is 5.78 Å². The minimum absolute atomic E-state index is 0.640. The number of benzene rings is 1. The van der Waals surface area contributed by atoms with Gasteiger partial charge in [-0.3, -0.25) is 0 Å². The first-order chi connectivity index (χ1) is 11.7. The van der Waals surface area contributed by atoms with Gasteiger partial charge in [-0.2, -0.15) is 14.6 Å². The number of para-hydroxylation sites is 1. The van der Waals surface area contributed by atoms with Crippen LogP contribution in [0.2, 0.25) is 0 Å². The van der Waals surface area contributed by atoms with Crippen molar-refractivity contribution in [1.82, 2.24) is 19.6 Å². The molecule has 0 spiro atoms. The zero-order valence-corrected chi connectivity index (χ0v) is 14.4. The fourth-order valence-electron chi connectivity index (χ4n) is 2.77. The maximum Gasteiger partial charge on any atom is 0.254 e. The van der Waals surface area contributed by atoms with E-state index in [1.165, 1.54) is 0 Å². The Morgan fingerprint density at radius 3 is 2.83 bits per heavy atom. The second-order valence-electron chi connectivity index (χ2n) is 5.72. The van der Waals surface area contributed by atoms with E-state index in [0.29, 0.717) is 12.4 Å². The molecule has 0 saturated heterocycles. The van der Waals surface area contributed by atoms with Gasteiger partial charge in [-0.1, -0.05) is 31.5 Å². The molecule has 0 fully saturated rings. The van der Waals surface area contributed by atoms with E-state index in [-0.39, 0.29) is 0 Å². The highest BCUT2D eigenvalue weighted by molar-refractivity contribution is 5.48. The molecule has 1 aromatic carbocycles. The van der Waals surface area contributed by atoms with E-state index >= 15 is 0 Å². The molecule has 0 unspecified atom stereocenters. The number of fused-ring (bicyclic) bond motifs is 1. The Kier molecular flexibility index (Phi) is 4.93. The van der Waals surface area contributed by atoms with Gasteiger partial charge in [0.1, 0.15) is 17.9 Å². The van der Waals surface area contributed by atoms with Gasteiger partial charge in [-0.05, 0) is 19.4 Å². The van der Waals surface area contributed by atoms with Gasteiger partial charge in [0.05, 0.1) is 6.61 Å². The maximum atomic E-state index is 5.73. The number of rotatable bonds is 7. The molecule has 6 heteroatoms. The lowest BCUT2D eigenvalue weighted by Crippen LogP contribution is -2.21. The minimum Gasteiger partial charge on any atom is -0.494 e. The number of hydrogen-bond acceptors (Lipinski definition) is 5. The molecular weight excluding hydrogens is 302 g/mol. The molecule has 0 amide bonds. The highest BCUT2D eigenvalue weighted by Crippen LogP contribution is 2.23. The Morgan fingerprint density at radius 2 is 2.04 bits per heavy atom. The summed E-state index contributed by atoms with van der Waals surface area (Å²) in [5.74, 6) is 2.54. The van der Waals surface area contributed by atoms with Gasteiger partial charge in [0.25, 0.3) is 5.78 Å². The van der Waals surface area contributed by atoms with E-state index in [1.807, 2.05) is 25.1 Å². The van der Waals surface area contributed by atoms with Crippen LogP contribution in [0.5, 0.6) is 5.75 Å². The van der Waals surface area contributed by atoms with Gasteiger partial charge in [0.15, 0.2) is 0 Å². The van der Waals surface area contributed by atoms with E-state index in [4.69, 9.17) is 4.74 Å². The van der Waals surface area contributed by atoms with E-state index in [2.05, 4.69) is 46.1 Å². The summed E-state index contributed by atoms with van der Waals surface area (Å²) < 4.78 is 7.51. The maximum absolute atomic E-state index is 5.73. The summed E-state index contributed by atoms with van der Waals surface area (Å²) >= 11 is 0. The second kappa shape index (κ2) is 7.29. The van der Waals surface area contributed by atoms with Crippen molar-refractivity contribution in [3.8, 4) is 5.75 Å². The third-order valence-corrected chi connectivity index (χ3v) is 3.86. The lowest BCUT2D eigenvalue weighted by atomic mass is 10.2. The Balaban J connectivity index is 1.94. The predicted molar refractivity (Wildman–Crippen MR) is 94.5 cm³/mol. The Bertz CT molecular complexity index is 814. The smallest absolute Gasteiger partial charge is 0.254 e. The topological polar surface area (TPSA) is 55.6 Å². The molecule has 0 aliphatic carbocycles. The van der Waals surface area contributed by atoms with Crippen molar-refractivity contribution in [2.24, 2.45) is 0 Å². The summed E-state index contributed by atoms with van der Waals surface area (Å²) in [7, 11) is 2.05. The Hall–Kier alpha value is -2.63. The molecule has 2 aromatic heterocycles. The monoisotopic (exact) mass is 325 g/mol. The van der Waals surface area contributed by atoms with Crippen molar-refractivity contribution in [2.75, 3.05) is 18.6 Å². The van der Waals surface area contributed by atoms with Gasteiger partial charge < -0.3 is 9.64 Å². The van der Waals surface area contributed by atoms with E-state index in [0.717, 1.165) is 42.2 Å². The third kappa shape index (κ3) is 3.32. The molecule has 0 aliphatic heterocycles. The van der Waals surface area contributed by atoms with E-state index < -0.39 is 0 Å². The number of ether oxygens (including phenoxy) is 1. The van der Waals surface area contributed by atoms with Crippen LogP contribution in [0, 0.1) is 0 Å². The summed E-state index contributed by atoms with van der Waals surface area (Å²) in [4.78, 5) is 11.0. The van der Waals surface area contributed by atoms with Crippen LogP contribution in [-0.4, -0.2) is 33.2 Å².